The van der Waals surface area contributed by atoms with Gasteiger partial charge in [0.25, 0.3) is 11.6 Å². The maximum atomic E-state index is 13.0. The number of rotatable bonds is 6. The summed E-state index contributed by atoms with van der Waals surface area (Å²) in [6.45, 7) is 1.69. The van der Waals surface area contributed by atoms with Gasteiger partial charge in [-0.05, 0) is 35.9 Å². The molecule has 0 radical (unpaired) electrons. The number of nitro groups is 1. The number of furan rings is 1. The topological polar surface area (TPSA) is 106 Å². The number of halogens is 1. The number of hydrogen-bond acceptors (Lipinski definition) is 7. The quantitative estimate of drug-likeness (QED) is 0.294. The third-order valence-electron chi connectivity index (χ3n) is 5.77. The minimum Gasteiger partial charge on any atom is -0.468 e. The summed E-state index contributed by atoms with van der Waals surface area (Å²) >= 11 is 6.33. The van der Waals surface area contributed by atoms with Crippen molar-refractivity contribution < 1.29 is 23.7 Å². The van der Waals surface area contributed by atoms with E-state index < -0.39 is 16.9 Å². The molecule has 1 fully saturated rings. The monoisotopic (exact) mass is 483 g/mol. The molecule has 1 aliphatic heterocycles. The molecule has 176 valence electrons. The summed E-state index contributed by atoms with van der Waals surface area (Å²) in [6.07, 6.45) is 0. The minimum atomic E-state index is -0.659. The summed E-state index contributed by atoms with van der Waals surface area (Å²) < 4.78 is 10.7. The van der Waals surface area contributed by atoms with Crippen LogP contribution in [0, 0.1) is 10.1 Å². The highest BCUT2D eigenvalue weighted by atomic mass is 35.5. The fourth-order valence-corrected chi connectivity index (χ4v) is 4.21. The third-order valence-corrected chi connectivity index (χ3v) is 6.11. The number of nitrogens with zero attached hydrogens (tertiary/aromatic N) is 3. The van der Waals surface area contributed by atoms with E-state index in [0.29, 0.717) is 48.1 Å². The van der Waals surface area contributed by atoms with Gasteiger partial charge < -0.3 is 14.1 Å². The molecule has 3 aromatic rings. The number of hydrogen-bond donors (Lipinski definition) is 0. The van der Waals surface area contributed by atoms with E-state index >= 15 is 0 Å². The predicted octanol–water partition coefficient (Wildman–Crippen LogP) is 4.18. The van der Waals surface area contributed by atoms with Crippen LogP contribution in [0.5, 0.6) is 0 Å². The van der Waals surface area contributed by atoms with Gasteiger partial charge in [0.1, 0.15) is 11.8 Å². The van der Waals surface area contributed by atoms with E-state index in [4.69, 9.17) is 20.8 Å². The van der Waals surface area contributed by atoms with Gasteiger partial charge in [-0.15, -0.1) is 0 Å². The molecule has 1 aromatic heterocycles. The number of amides is 1. The van der Waals surface area contributed by atoms with Crippen LogP contribution in [0.4, 0.5) is 5.69 Å². The van der Waals surface area contributed by atoms with Crippen molar-refractivity contribution in [2.45, 2.75) is 6.04 Å². The fourth-order valence-electron chi connectivity index (χ4n) is 3.98. The lowest BCUT2D eigenvalue weighted by atomic mass is 10.0. The van der Waals surface area contributed by atoms with Gasteiger partial charge in [0.2, 0.25) is 0 Å². The van der Waals surface area contributed by atoms with Crippen molar-refractivity contribution in [1.82, 2.24) is 9.80 Å². The SMILES string of the molecule is COC(=O)[C@H](c1ccccc1Cl)N1CCN(C(=O)c2ccc(-c3ccc([N+](=O)[O-])cc3)o2)CC1. The number of benzene rings is 2. The molecule has 10 heteroatoms. The summed E-state index contributed by atoms with van der Waals surface area (Å²) in [5, 5.41) is 11.3. The van der Waals surface area contributed by atoms with Crippen molar-refractivity contribution in [3.8, 4) is 11.3 Å². The molecule has 1 aliphatic rings. The summed E-state index contributed by atoms with van der Waals surface area (Å²) in [4.78, 5) is 39.5. The Labute approximate surface area is 200 Å². The smallest absolute Gasteiger partial charge is 0.327 e. The molecule has 0 saturated carbocycles. The molecule has 0 spiro atoms. The molecule has 2 heterocycles. The second-order valence-corrected chi connectivity index (χ2v) is 8.15. The number of methoxy groups -OCH3 is 1. The second-order valence-electron chi connectivity index (χ2n) is 7.74. The van der Waals surface area contributed by atoms with Crippen LogP contribution < -0.4 is 0 Å². The van der Waals surface area contributed by atoms with Gasteiger partial charge in [-0.2, -0.15) is 0 Å². The van der Waals surface area contributed by atoms with Gasteiger partial charge in [0.05, 0.1) is 12.0 Å². The first-order chi connectivity index (χ1) is 16.4. The molecule has 4 rings (SSSR count). The van der Waals surface area contributed by atoms with Crippen molar-refractivity contribution in [3.05, 3.63) is 87.1 Å². The van der Waals surface area contributed by atoms with E-state index in [2.05, 4.69) is 0 Å². The highest BCUT2D eigenvalue weighted by molar-refractivity contribution is 6.31. The molecule has 1 atom stereocenters. The molecule has 0 aliphatic carbocycles. The minimum absolute atomic E-state index is 0.0217. The van der Waals surface area contributed by atoms with Crippen LogP contribution in [0.3, 0.4) is 0 Å². The van der Waals surface area contributed by atoms with Gasteiger partial charge in [-0.3, -0.25) is 19.8 Å². The first kappa shape index (κ1) is 23.5. The highest BCUT2D eigenvalue weighted by Crippen LogP contribution is 2.30. The molecule has 34 heavy (non-hydrogen) atoms. The first-order valence-electron chi connectivity index (χ1n) is 10.6. The van der Waals surface area contributed by atoms with Crippen LogP contribution in [-0.2, 0) is 9.53 Å². The van der Waals surface area contributed by atoms with E-state index in [9.17, 15) is 19.7 Å². The zero-order valence-corrected chi connectivity index (χ0v) is 19.1. The molecule has 9 nitrogen and oxygen atoms in total. The van der Waals surface area contributed by atoms with Crippen molar-refractivity contribution in [3.63, 3.8) is 0 Å². The van der Waals surface area contributed by atoms with E-state index in [1.165, 1.54) is 19.2 Å². The lowest BCUT2D eigenvalue weighted by Gasteiger charge is -2.38. The second kappa shape index (κ2) is 10.1. The van der Waals surface area contributed by atoms with Crippen LogP contribution in [-0.4, -0.2) is 59.9 Å². The number of ether oxygens (including phenoxy) is 1. The first-order valence-corrected chi connectivity index (χ1v) is 11.0. The number of esters is 1. The zero-order chi connectivity index (χ0) is 24.2. The van der Waals surface area contributed by atoms with Gasteiger partial charge in [0, 0.05) is 48.9 Å². The van der Waals surface area contributed by atoms with Crippen LogP contribution in [0.2, 0.25) is 5.02 Å². The number of non-ortho nitro benzene ring substituents is 1. The number of carbonyl (C=O) groups excluding carboxylic acids is 2. The Morgan fingerprint density at radius 1 is 1.03 bits per heavy atom. The Morgan fingerprint density at radius 2 is 1.71 bits per heavy atom. The molecule has 1 saturated heterocycles. The van der Waals surface area contributed by atoms with Gasteiger partial charge >= 0.3 is 5.97 Å². The summed E-state index contributed by atoms with van der Waals surface area (Å²) in [7, 11) is 1.34. The standard InChI is InChI=1S/C24H22ClN3O6/c1-33-24(30)22(18-4-2-3-5-19(18)25)26-12-14-27(15-13-26)23(29)21-11-10-20(34-21)16-6-8-17(9-7-16)28(31)32/h2-11,22H,12-15H2,1H3/t22-/m0/s1. The molecule has 2 aromatic carbocycles. The van der Waals surface area contributed by atoms with Gasteiger partial charge in [0.15, 0.2) is 5.76 Å². The maximum absolute atomic E-state index is 13.0. The summed E-state index contributed by atoms with van der Waals surface area (Å²) in [5.41, 5.74) is 1.27. The summed E-state index contributed by atoms with van der Waals surface area (Å²) in [5.74, 6) is -0.0504. The van der Waals surface area contributed by atoms with Crippen molar-refractivity contribution in [2.24, 2.45) is 0 Å². The van der Waals surface area contributed by atoms with E-state index in [0.717, 1.165) is 0 Å². The molecule has 0 N–H and O–H groups in total. The average Bonchev–Trinajstić information content (AvgIpc) is 3.35. The Bertz CT molecular complexity index is 1200. The number of piperazine rings is 1. The molecular weight excluding hydrogens is 462 g/mol. The third kappa shape index (κ3) is 4.80. The van der Waals surface area contributed by atoms with Crippen LogP contribution >= 0.6 is 11.6 Å². The van der Waals surface area contributed by atoms with Crippen molar-refractivity contribution >= 4 is 29.2 Å². The number of nitro benzene ring substituents is 1. The van der Waals surface area contributed by atoms with Gasteiger partial charge in [-0.25, -0.2) is 4.79 Å². The van der Waals surface area contributed by atoms with Crippen molar-refractivity contribution in [2.75, 3.05) is 33.3 Å². The van der Waals surface area contributed by atoms with Crippen LogP contribution in [0.15, 0.2) is 65.1 Å². The largest absolute Gasteiger partial charge is 0.468 e. The lowest BCUT2D eigenvalue weighted by molar-refractivity contribution is -0.384. The molecule has 0 bridgehead atoms. The van der Waals surface area contributed by atoms with Crippen LogP contribution in [0.1, 0.15) is 22.2 Å². The molecule has 1 amide bonds. The van der Waals surface area contributed by atoms with E-state index in [1.807, 2.05) is 11.0 Å². The number of carbonyl (C=O) groups is 2. The fraction of sp³-hybridized carbons (Fsp3) is 0.250. The Kier molecular flexibility index (Phi) is 6.95. The Hall–Kier alpha value is -3.69. The summed E-state index contributed by atoms with van der Waals surface area (Å²) in [6, 6.07) is 15.6. The van der Waals surface area contributed by atoms with Gasteiger partial charge in [-0.1, -0.05) is 29.8 Å². The highest BCUT2D eigenvalue weighted by Gasteiger charge is 2.34. The predicted molar refractivity (Wildman–Crippen MR) is 124 cm³/mol. The lowest BCUT2D eigenvalue weighted by Crippen LogP contribution is -2.51. The molecular formula is C24H22ClN3O6. The normalized spacial score (nSPS) is 15.1. The average molecular weight is 484 g/mol. The Balaban J connectivity index is 1.44. The van der Waals surface area contributed by atoms with Crippen molar-refractivity contribution in [1.29, 1.82) is 0 Å². The zero-order valence-electron chi connectivity index (χ0n) is 18.3. The van der Waals surface area contributed by atoms with E-state index in [1.54, 1.807) is 47.4 Å². The van der Waals surface area contributed by atoms with Crippen LogP contribution in [0.25, 0.3) is 11.3 Å². The van der Waals surface area contributed by atoms with E-state index in [-0.39, 0.29) is 17.4 Å². The maximum Gasteiger partial charge on any atom is 0.327 e. The Morgan fingerprint density at radius 3 is 2.32 bits per heavy atom. The molecule has 0 unspecified atom stereocenters.